The van der Waals surface area contributed by atoms with E-state index >= 15 is 0 Å². The summed E-state index contributed by atoms with van der Waals surface area (Å²) in [4.78, 5) is 2.18. The number of fused-ring (bicyclic) bond motifs is 1. The van der Waals surface area contributed by atoms with Gasteiger partial charge in [-0.05, 0) is 30.5 Å². The van der Waals surface area contributed by atoms with Crippen molar-refractivity contribution in [3.05, 3.63) is 29.6 Å². The summed E-state index contributed by atoms with van der Waals surface area (Å²) in [5, 5.41) is 0. The Balaban J connectivity index is 2.39. The van der Waals surface area contributed by atoms with Crippen LogP contribution >= 0.6 is 0 Å². The molecule has 0 saturated carbocycles. The van der Waals surface area contributed by atoms with Crippen molar-refractivity contribution in [3.63, 3.8) is 0 Å². The summed E-state index contributed by atoms with van der Waals surface area (Å²) in [5.41, 5.74) is 2.34. The van der Waals surface area contributed by atoms with Crippen LogP contribution in [-0.2, 0) is 6.42 Å². The molecule has 0 saturated heterocycles. The second-order valence-corrected chi connectivity index (χ2v) is 3.65. The molecule has 0 radical (unpaired) electrons. The molecule has 0 aromatic heterocycles. The molecule has 1 aromatic carbocycles. The lowest BCUT2D eigenvalue weighted by Gasteiger charge is -2.20. The standard InChI is InChI=1S/C11H14FN/c1-3-10-6-8-4-5-9(12)7-11(8)13(10)2/h4-5,7,10H,3,6H2,1-2H3. The third kappa shape index (κ3) is 1.30. The van der Waals surface area contributed by atoms with E-state index in [-0.39, 0.29) is 5.82 Å². The molecule has 0 N–H and O–H groups in total. The van der Waals surface area contributed by atoms with Gasteiger partial charge in [-0.2, -0.15) is 0 Å². The summed E-state index contributed by atoms with van der Waals surface area (Å²) in [6.45, 7) is 2.17. The van der Waals surface area contributed by atoms with E-state index in [1.165, 1.54) is 5.56 Å². The van der Waals surface area contributed by atoms with Crippen LogP contribution in [0, 0.1) is 5.82 Å². The van der Waals surface area contributed by atoms with Crippen LogP contribution in [0.15, 0.2) is 18.2 Å². The number of hydrogen-bond donors (Lipinski definition) is 0. The quantitative estimate of drug-likeness (QED) is 0.640. The van der Waals surface area contributed by atoms with Gasteiger partial charge < -0.3 is 4.90 Å². The molecule has 0 fully saturated rings. The Morgan fingerprint density at radius 1 is 1.54 bits per heavy atom. The highest BCUT2D eigenvalue weighted by Crippen LogP contribution is 2.32. The van der Waals surface area contributed by atoms with Gasteiger partial charge in [0.2, 0.25) is 0 Å². The highest BCUT2D eigenvalue weighted by molar-refractivity contribution is 5.58. The minimum atomic E-state index is -0.137. The molecule has 1 aliphatic heterocycles. The smallest absolute Gasteiger partial charge is 0.125 e. The zero-order valence-electron chi connectivity index (χ0n) is 8.05. The van der Waals surface area contributed by atoms with Crippen molar-refractivity contribution in [1.29, 1.82) is 0 Å². The topological polar surface area (TPSA) is 3.24 Å². The molecule has 1 heterocycles. The van der Waals surface area contributed by atoms with Gasteiger partial charge in [0.05, 0.1) is 0 Å². The highest BCUT2D eigenvalue weighted by atomic mass is 19.1. The number of anilines is 1. The van der Waals surface area contributed by atoms with Gasteiger partial charge in [0.1, 0.15) is 5.82 Å². The van der Waals surface area contributed by atoms with E-state index in [1.54, 1.807) is 12.1 Å². The first-order valence-electron chi connectivity index (χ1n) is 4.73. The lowest BCUT2D eigenvalue weighted by atomic mass is 10.1. The molecule has 0 amide bonds. The van der Waals surface area contributed by atoms with Gasteiger partial charge in [-0.1, -0.05) is 13.0 Å². The zero-order valence-corrected chi connectivity index (χ0v) is 8.05. The van der Waals surface area contributed by atoms with Crippen LogP contribution < -0.4 is 4.90 Å². The van der Waals surface area contributed by atoms with Crippen molar-refractivity contribution in [2.75, 3.05) is 11.9 Å². The van der Waals surface area contributed by atoms with Crippen LogP contribution in [-0.4, -0.2) is 13.1 Å². The predicted octanol–water partition coefficient (Wildman–Crippen LogP) is 2.60. The molecule has 0 aliphatic carbocycles. The van der Waals surface area contributed by atoms with Crippen LogP contribution in [0.1, 0.15) is 18.9 Å². The average Bonchev–Trinajstić information content (AvgIpc) is 2.44. The summed E-state index contributed by atoms with van der Waals surface area (Å²) in [6, 6.07) is 5.63. The summed E-state index contributed by atoms with van der Waals surface area (Å²) in [5.74, 6) is -0.137. The fraction of sp³-hybridized carbons (Fsp3) is 0.455. The van der Waals surface area contributed by atoms with Crippen molar-refractivity contribution in [1.82, 2.24) is 0 Å². The molecule has 1 nitrogen and oxygen atoms in total. The van der Waals surface area contributed by atoms with Crippen LogP contribution in [0.2, 0.25) is 0 Å². The molecular formula is C11H14FN. The molecule has 1 atom stereocenters. The molecular weight excluding hydrogens is 165 g/mol. The van der Waals surface area contributed by atoms with Gasteiger partial charge in [-0.15, -0.1) is 0 Å². The normalized spacial score (nSPS) is 20.5. The van der Waals surface area contributed by atoms with Crippen LogP contribution in [0.4, 0.5) is 10.1 Å². The van der Waals surface area contributed by atoms with Gasteiger partial charge in [0, 0.05) is 18.8 Å². The Hall–Kier alpha value is -1.05. The first-order valence-corrected chi connectivity index (χ1v) is 4.73. The molecule has 70 valence electrons. The van der Waals surface area contributed by atoms with E-state index in [9.17, 15) is 4.39 Å². The van der Waals surface area contributed by atoms with Gasteiger partial charge in [-0.25, -0.2) is 4.39 Å². The third-order valence-corrected chi connectivity index (χ3v) is 2.90. The summed E-state index contributed by atoms with van der Waals surface area (Å²) < 4.78 is 12.9. The monoisotopic (exact) mass is 179 g/mol. The zero-order chi connectivity index (χ0) is 9.42. The number of likely N-dealkylation sites (N-methyl/N-ethyl adjacent to an activating group) is 1. The number of benzene rings is 1. The van der Waals surface area contributed by atoms with Crippen molar-refractivity contribution >= 4 is 5.69 Å². The first-order chi connectivity index (χ1) is 6.22. The van der Waals surface area contributed by atoms with Crippen molar-refractivity contribution in [2.24, 2.45) is 0 Å². The third-order valence-electron chi connectivity index (χ3n) is 2.90. The summed E-state index contributed by atoms with van der Waals surface area (Å²) in [7, 11) is 2.04. The molecule has 0 bridgehead atoms. The van der Waals surface area contributed by atoms with Crippen LogP contribution in [0.25, 0.3) is 0 Å². The highest BCUT2D eigenvalue weighted by Gasteiger charge is 2.24. The Bertz CT molecular complexity index is 322. The molecule has 1 aliphatic rings. The maximum atomic E-state index is 12.9. The number of hydrogen-bond acceptors (Lipinski definition) is 1. The van der Waals surface area contributed by atoms with Crippen LogP contribution in [0.3, 0.4) is 0 Å². The second-order valence-electron chi connectivity index (χ2n) is 3.65. The van der Waals surface area contributed by atoms with Gasteiger partial charge >= 0.3 is 0 Å². The number of rotatable bonds is 1. The Labute approximate surface area is 78.2 Å². The fourth-order valence-electron chi connectivity index (χ4n) is 2.04. The Morgan fingerprint density at radius 2 is 2.31 bits per heavy atom. The van der Waals surface area contributed by atoms with E-state index in [0.29, 0.717) is 6.04 Å². The van der Waals surface area contributed by atoms with E-state index in [1.807, 2.05) is 13.1 Å². The van der Waals surface area contributed by atoms with Crippen LogP contribution in [0.5, 0.6) is 0 Å². The molecule has 2 heteroatoms. The van der Waals surface area contributed by atoms with Gasteiger partial charge in [0.25, 0.3) is 0 Å². The van der Waals surface area contributed by atoms with Gasteiger partial charge in [0.15, 0.2) is 0 Å². The van der Waals surface area contributed by atoms with Crippen molar-refractivity contribution in [3.8, 4) is 0 Å². The minimum Gasteiger partial charge on any atom is -0.371 e. The van der Waals surface area contributed by atoms with E-state index in [0.717, 1.165) is 18.5 Å². The maximum absolute atomic E-state index is 12.9. The minimum absolute atomic E-state index is 0.137. The first kappa shape index (κ1) is 8.54. The fourth-order valence-corrected chi connectivity index (χ4v) is 2.04. The Morgan fingerprint density at radius 3 is 3.00 bits per heavy atom. The summed E-state index contributed by atoms with van der Waals surface area (Å²) >= 11 is 0. The maximum Gasteiger partial charge on any atom is 0.125 e. The van der Waals surface area contributed by atoms with Gasteiger partial charge in [-0.3, -0.25) is 0 Å². The molecule has 0 spiro atoms. The van der Waals surface area contributed by atoms with Crippen molar-refractivity contribution in [2.45, 2.75) is 25.8 Å². The Kier molecular flexibility index (Phi) is 1.98. The van der Waals surface area contributed by atoms with E-state index in [2.05, 4.69) is 11.8 Å². The molecule has 1 unspecified atom stereocenters. The predicted molar refractivity (Wildman–Crippen MR) is 52.6 cm³/mol. The molecule has 1 aromatic rings. The second kappa shape index (κ2) is 3.02. The molecule has 13 heavy (non-hydrogen) atoms. The summed E-state index contributed by atoms with van der Waals surface area (Å²) in [6.07, 6.45) is 2.18. The lowest BCUT2D eigenvalue weighted by molar-refractivity contribution is 0.626. The van der Waals surface area contributed by atoms with E-state index in [4.69, 9.17) is 0 Å². The van der Waals surface area contributed by atoms with E-state index < -0.39 is 0 Å². The number of halogens is 1. The largest absolute Gasteiger partial charge is 0.371 e. The number of nitrogens with zero attached hydrogens (tertiary/aromatic N) is 1. The lowest BCUT2D eigenvalue weighted by Crippen LogP contribution is -2.26. The average molecular weight is 179 g/mol. The SMILES string of the molecule is CCC1Cc2ccc(F)cc2N1C. The molecule has 2 rings (SSSR count). The van der Waals surface area contributed by atoms with Crippen molar-refractivity contribution < 1.29 is 4.39 Å².